The summed E-state index contributed by atoms with van der Waals surface area (Å²) in [6, 6.07) is 26.0. The monoisotopic (exact) mass is 431 g/mol. The van der Waals surface area contributed by atoms with Gasteiger partial charge in [-0.1, -0.05) is 66.7 Å². The minimum atomic E-state index is -1.18. The summed E-state index contributed by atoms with van der Waals surface area (Å²) in [5.74, 6) is 0.521. The Kier molecular flexibility index (Phi) is 5.63. The van der Waals surface area contributed by atoms with Crippen LogP contribution in [-0.4, -0.2) is 49.8 Å². The molecule has 0 aliphatic carbocycles. The van der Waals surface area contributed by atoms with Gasteiger partial charge >= 0.3 is 0 Å². The second kappa shape index (κ2) is 8.72. The van der Waals surface area contributed by atoms with E-state index in [4.69, 9.17) is 4.74 Å². The zero-order chi connectivity index (χ0) is 22.1. The minimum absolute atomic E-state index is 0.377. The molecule has 4 atom stereocenters. The van der Waals surface area contributed by atoms with Crippen molar-refractivity contribution >= 4 is 17.0 Å². The van der Waals surface area contributed by atoms with Crippen LogP contribution >= 0.6 is 0 Å². The molecule has 0 spiro atoms. The molecule has 0 saturated carbocycles. The average Bonchev–Trinajstić information content (AvgIpc) is 3.35. The fourth-order valence-corrected chi connectivity index (χ4v) is 4.15. The summed E-state index contributed by atoms with van der Waals surface area (Å²) < 4.78 is 7.53. The van der Waals surface area contributed by atoms with E-state index in [1.165, 1.54) is 0 Å². The first-order valence-corrected chi connectivity index (χ1v) is 10.6. The van der Waals surface area contributed by atoms with Crippen molar-refractivity contribution in [2.45, 2.75) is 31.1 Å². The van der Waals surface area contributed by atoms with E-state index < -0.39 is 24.5 Å². The van der Waals surface area contributed by atoms with Gasteiger partial charge in [0.1, 0.15) is 18.3 Å². The van der Waals surface area contributed by atoms with Gasteiger partial charge in [0.2, 0.25) is 5.95 Å². The van der Waals surface area contributed by atoms with Gasteiger partial charge in [0.05, 0.1) is 17.6 Å². The summed E-state index contributed by atoms with van der Waals surface area (Å²) in [6.07, 6.45) is -4.08. The van der Waals surface area contributed by atoms with Crippen molar-refractivity contribution in [2.24, 2.45) is 0 Å². The number of hydrogen-bond acceptors (Lipinski definition) is 6. The second-order valence-corrected chi connectivity index (χ2v) is 7.94. The van der Waals surface area contributed by atoms with Gasteiger partial charge in [-0.3, -0.25) is 4.57 Å². The molecule has 1 saturated heterocycles. The maximum atomic E-state index is 10.6. The first kappa shape index (κ1) is 20.7. The van der Waals surface area contributed by atoms with Crippen LogP contribution in [0.4, 0.5) is 5.95 Å². The lowest BCUT2D eigenvalue weighted by molar-refractivity contribution is -0.0499. The molecule has 0 unspecified atom stereocenters. The third-order valence-electron chi connectivity index (χ3n) is 5.88. The number of imidazole rings is 1. The molecule has 1 aromatic heterocycles. The Morgan fingerprint density at radius 2 is 1.53 bits per heavy atom. The van der Waals surface area contributed by atoms with Crippen LogP contribution in [-0.2, 0) is 11.3 Å². The van der Waals surface area contributed by atoms with Crippen molar-refractivity contribution in [3.05, 3.63) is 84.4 Å². The van der Waals surface area contributed by atoms with Crippen molar-refractivity contribution in [3.8, 4) is 11.1 Å². The fraction of sp³-hybridized carbons (Fsp3) is 0.240. The van der Waals surface area contributed by atoms with E-state index in [1.807, 2.05) is 42.5 Å². The number of fused-ring (bicyclic) bond motifs is 1. The van der Waals surface area contributed by atoms with Gasteiger partial charge in [-0.2, -0.15) is 0 Å². The molecule has 5 rings (SSSR count). The Balaban J connectivity index is 1.41. The third-order valence-corrected chi connectivity index (χ3v) is 5.88. The van der Waals surface area contributed by atoms with Gasteiger partial charge in [0.25, 0.3) is 0 Å². The first-order chi connectivity index (χ1) is 15.7. The lowest BCUT2D eigenvalue weighted by atomic mass is 10.0. The SMILES string of the molecule is OC[C@H]1O[C@@H](n2c(NCc3ccc(-c4ccccc4)cc3)nc3ccccc32)[C@@H](O)[C@@H]1O. The number of anilines is 1. The predicted molar refractivity (Wildman–Crippen MR) is 122 cm³/mol. The lowest BCUT2D eigenvalue weighted by Gasteiger charge is -2.20. The molecule has 1 fully saturated rings. The highest BCUT2D eigenvalue weighted by Gasteiger charge is 2.44. The highest BCUT2D eigenvalue weighted by Crippen LogP contribution is 2.35. The van der Waals surface area contributed by atoms with E-state index in [1.54, 1.807) is 4.57 Å². The maximum absolute atomic E-state index is 10.6. The van der Waals surface area contributed by atoms with E-state index in [2.05, 4.69) is 46.7 Å². The first-order valence-electron chi connectivity index (χ1n) is 10.6. The molecule has 4 N–H and O–H groups in total. The summed E-state index contributed by atoms with van der Waals surface area (Å²) in [6.45, 7) is 0.144. The highest BCUT2D eigenvalue weighted by molar-refractivity contribution is 5.79. The van der Waals surface area contributed by atoms with E-state index in [0.29, 0.717) is 12.5 Å². The molecule has 7 heteroatoms. The second-order valence-electron chi connectivity index (χ2n) is 7.94. The number of para-hydroxylation sites is 2. The summed E-state index contributed by atoms with van der Waals surface area (Å²) in [7, 11) is 0. The van der Waals surface area contributed by atoms with Crippen LogP contribution in [0.2, 0.25) is 0 Å². The molecule has 32 heavy (non-hydrogen) atoms. The molecule has 3 aromatic carbocycles. The van der Waals surface area contributed by atoms with Crippen LogP contribution in [0.25, 0.3) is 22.2 Å². The van der Waals surface area contributed by atoms with Crippen molar-refractivity contribution < 1.29 is 20.1 Å². The van der Waals surface area contributed by atoms with Crippen LogP contribution in [0.5, 0.6) is 0 Å². The molecule has 7 nitrogen and oxygen atoms in total. The number of ether oxygens (including phenoxy) is 1. The van der Waals surface area contributed by atoms with Crippen molar-refractivity contribution in [3.63, 3.8) is 0 Å². The highest BCUT2D eigenvalue weighted by atomic mass is 16.6. The number of nitrogens with zero attached hydrogens (tertiary/aromatic N) is 2. The van der Waals surface area contributed by atoms with Gasteiger partial charge in [-0.25, -0.2) is 4.98 Å². The number of rotatable bonds is 6. The van der Waals surface area contributed by atoms with E-state index in [-0.39, 0.29) is 6.61 Å². The van der Waals surface area contributed by atoms with Crippen LogP contribution in [0.1, 0.15) is 11.8 Å². The average molecular weight is 431 g/mol. The zero-order valence-corrected chi connectivity index (χ0v) is 17.4. The smallest absolute Gasteiger partial charge is 0.206 e. The maximum Gasteiger partial charge on any atom is 0.206 e. The Morgan fingerprint density at radius 1 is 0.844 bits per heavy atom. The molecule has 1 aliphatic heterocycles. The molecule has 0 radical (unpaired) electrons. The van der Waals surface area contributed by atoms with Gasteiger partial charge < -0.3 is 25.4 Å². The Morgan fingerprint density at radius 3 is 2.25 bits per heavy atom. The minimum Gasteiger partial charge on any atom is -0.394 e. The van der Waals surface area contributed by atoms with E-state index in [0.717, 1.165) is 27.7 Å². The van der Waals surface area contributed by atoms with E-state index in [9.17, 15) is 15.3 Å². The summed E-state index contributed by atoms with van der Waals surface area (Å²) in [4.78, 5) is 4.66. The third kappa shape index (κ3) is 3.76. The number of aliphatic hydroxyl groups excluding tert-OH is 3. The van der Waals surface area contributed by atoms with Crippen LogP contribution < -0.4 is 5.32 Å². The van der Waals surface area contributed by atoms with Gasteiger partial charge in [-0.15, -0.1) is 0 Å². The Hall–Kier alpha value is -3.23. The molecule has 2 heterocycles. The molecule has 1 aliphatic rings. The Bertz CT molecular complexity index is 1190. The number of aliphatic hydroxyl groups is 3. The van der Waals surface area contributed by atoms with Crippen LogP contribution in [0.15, 0.2) is 78.9 Å². The Labute approximate surface area is 185 Å². The largest absolute Gasteiger partial charge is 0.394 e. The van der Waals surface area contributed by atoms with Crippen LogP contribution in [0.3, 0.4) is 0 Å². The van der Waals surface area contributed by atoms with Crippen molar-refractivity contribution in [1.29, 1.82) is 0 Å². The number of benzene rings is 3. The summed E-state index contributed by atoms with van der Waals surface area (Å²) in [5.41, 5.74) is 4.90. The predicted octanol–water partition coefficient (Wildman–Crippen LogP) is 2.93. The normalized spacial score (nSPS) is 23.0. The summed E-state index contributed by atoms with van der Waals surface area (Å²) >= 11 is 0. The van der Waals surface area contributed by atoms with Crippen LogP contribution in [0, 0.1) is 0 Å². The van der Waals surface area contributed by atoms with Crippen molar-refractivity contribution in [2.75, 3.05) is 11.9 Å². The fourth-order valence-electron chi connectivity index (χ4n) is 4.15. The molecular formula is C25H25N3O4. The van der Waals surface area contributed by atoms with Crippen molar-refractivity contribution in [1.82, 2.24) is 9.55 Å². The van der Waals surface area contributed by atoms with Gasteiger partial charge in [0, 0.05) is 6.54 Å². The number of hydrogen-bond donors (Lipinski definition) is 4. The molecule has 0 amide bonds. The lowest BCUT2D eigenvalue weighted by Crippen LogP contribution is -2.33. The topological polar surface area (TPSA) is 99.8 Å². The quantitative estimate of drug-likeness (QED) is 0.375. The van der Waals surface area contributed by atoms with E-state index >= 15 is 0 Å². The molecule has 0 bridgehead atoms. The van der Waals surface area contributed by atoms with Gasteiger partial charge in [0.15, 0.2) is 6.23 Å². The number of nitrogens with one attached hydrogen (secondary N) is 1. The number of aromatic nitrogens is 2. The molecule has 164 valence electrons. The zero-order valence-electron chi connectivity index (χ0n) is 17.4. The summed E-state index contributed by atoms with van der Waals surface area (Å²) in [5, 5.41) is 33.6. The standard InChI is InChI=1S/C25H25N3O4/c29-15-21-22(30)23(31)24(32-21)28-20-9-5-4-8-19(20)27-25(28)26-14-16-10-12-18(13-11-16)17-6-2-1-3-7-17/h1-13,21-24,29-31H,14-15H2,(H,26,27)/t21-,22-,23+,24-/m1/s1. The molecular weight excluding hydrogens is 406 g/mol. The molecule has 4 aromatic rings. The van der Waals surface area contributed by atoms with Gasteiger partial charge in [-0.05, 0) is 28.8 Å².